The van der Waals surface area contributed by atoms with Crippen molar-refractivity contribution in [1.82, 2.24) is 9.80 Å². The van der Waals surface area contributed by atoms with E-state index >= 15 is 0 Å². The van der Waals surface area contributed by atoms with Gasteiger partial charge in [-0.15, -0.1) is 0 Å². The Hall–Kier alpha value is -4.17. The number of piperazine rings is 1. The second kappa shape index (κ2) is 14.1. The van der Waals surface area contributed by atoms with Crippen molar-refractivity contribution in [2.24, 2.45) is 5.16 Å². The third-order valence-corrected chi connectivity index (χ3v) is 6.71. The largest absolute Gasteiger partial charge is 0.494 e. The molecule has 0 aromatic heterocycles. The molecule has 3 aromatic rings. The minimum atomic E-state index is -1.08. The van der Waals surface area contributed by atoms with E-state index in [2.05, 4.69) is 58.6 Å². The first-order valence-corrected chi connectivity index (χ1v) is 13.2. The fourth-order valence-corrected chi connectivity index (χ4v) is 4.73. The average Bonchev–Trinajstić information content (AvgIpc) is 2.97. The summed E-state index contributed by atoms with van der Waals surface area (Å²) in [6.45, 7) is 4.73. The van der Waals surface area contributed by atoms with Crippen molar-refractivity contribution in [1.29, 1.82) is 0 Å². The number of aliphatic carboxylic acids is 1. The monoisotopic (exact) mass is 529 g/mol. The van der Waals surface area contributed by atoms with E-state index in [1.54, 1.807) is 6.92 Å². The molecule has 1 fully saturated rings. The van der Waals surface area contributed by atoms with Crippen LogP contribution in [-0.4, -0.2) is 71.9 Å². The molecule has 1 aliphatic rings. The van der Waals surface area contributed by atoms with Crippen LogP contribution >= 0.6 is 0 Å². The third-order valence-electron chi connectivity index (χ3n) is 6.71. The standard InChI is InChI=1S/C31H35N3O5/c1-24(32-39-23-30(36)37)27-14-8-15-28(22-27)38-21-9-16-29(35)33-17-19-34(20-18-33)31(25-10-4-2-5-11-25)26-12-6-3-7-13-26/h2-8,10-15,22,31H,9,16-21,23H2,1H3,(H,36,37)/b32-24+. The zero-order chi connectivity index (χ0) is 27.5. The second-order valence-corrected chi connectivity index (χ2v) is 9.46. The number of amides is 1. The molecule has 39 heavy (non-hydrogen) atoms. The van der Waals surface area contributed by atoms with Gasteiger partial charge in [0, 0.05) is 38.2 Å². The van der Waals surface area contributed by atoms with E-state index in [1.807, 2.05) is 41.3 Å². The van der Waals surface area contributed by atoms with Crippen LogP contribution in [0.2, 0.25) is 0 Å². The van der Waals surface area contributed by atoms with Crippen molar-refractivity contribution in [3.8, 4) is 5.75 Å². The van der Waals surface area contributed by atoms with E-state index in [4.69, 9.17) is 14.7 Å². The first-order valence-electron chi connectivity index (χ1n) is 13.2. The minimum absolute atomic E-state index is 0.154. The molecule has 0 bridgehead atoms. The van der Waals surface area contributed by atoms with E-state index in [1.165, 1.54) is 11.1 Å². The van der Waals surface area contributed by atoms with E-state index in [9.17, 15) is 9.59 Å². The molecule has 204 valence electrons. The Morgan fingerprint density at radius 3 is 2.15 bits per heavy atom. The van der Waals surface area contributed by atoms with Crippen molar-refractivity contribution < 1.29 is 24.3 Å². The molecule has 1 amide bonds. The number of rotatable bonds is 12. The predicted molar refractivity (Wildman–Crippen MR) is 150 cm³/mol. The first-order chi connectivity index (χ1) is 19.0. The summed E-state index contributed by atoms with van der Waals surface area (Å²) in [7, 11) is 0. The maximum Gasteiger partial charge on any atom is 0.344 e. The SMILES string of the molecule is C/C(=N\OCC(=O)O)c1cccc(OCCCC(=O)N2CCN(C(c3ccccc3)c3ccccc3)CC2)c1. The number of carbonyl (C=O) groups excluding carboxylic acids is 1. The van der Waals surface area contributed by atoms with E-state index < -0.39 is 12.6 Å². The number of carboxylic acids is 1. The highest BCUT2D eigenvalue weighted by Crippen LogP contribution is 2.29. The normalized spacial score (nSPS) is 14.3. The van der Waals surface area contributed by atoms with Gasteiger partial charge >= 0.3 is 5.97 Å². The van der Waals surface area contributed by atoms with Crippen LogP contribution in [0.5, 0.6) is 5.75 Å². The van der Waals surface area contributed by atoms with Crippen LogP contribution in [0, 0.1) is 0 Å². The second-order valence-electron chi connectivity index (χ2n) is 9.46. The van der Waals surface area contributed by atoms with Gasteiger partial charge in [-0.3, -0.25) is 9.69 Å². The Morgan fingerprint density at radius 2 is 1.54 bits per heavy atom. The van der Waals surface area contributed by atoms with Gasteiger partial charge in [-0.25, -0.2) is 4.79 Å². The van der Waals surface area contributed by atoms with Gasteiger partial charge in [0.15, 0.2) is 0 Å². The first kappa shape index (κ1) is 27.9. The van der Waals surface area contributed by atoms with Crippen molar-refractivity contribution in [3.05, 3.63) is 102 Å². The maximum atomic E-state index is 12.9. The van der Waals surface area contributed by atoms with Crippen LogP contribution in [0.1, 0.15) is 42.5 Å². The Labute approximate surface area is 229 Å². The zero-order valence-corrected chi connectivity index (χ0v) is 22.2. The zero-order valence-electron chi connectivity index (χ0n) is 22.2. The maximum absolute atomic E-state index is 12.9. The van der Waals surface area contributed by atoms with Gasteiger partial charge in [-0.2, -0.15) is 0 Å². The molecule has 8 nitrogen and oxygen atoms in total. The summed E-state index contributed by atoms with van der Waals surface area (Å²) in [5.74, 6) is -0.264. The molecular formula is C31H35N3O5. The molecule has 1 heterocycles. The Morgan fingerprint density at radius 1 is 0.897 bits per heavy atom. The molecule has 4 rings (SSSR count). The lowest BCUT2D eigenvalue weighted by atomic mass is 9.96. The summed E-state index contributed by atoms with van der Waals surface area (Å²) in [6.07, 6.45) is 1.05. The van der Waals surface area contributed by atoms with E-state index in [-0.39, 0.29) is 11.9 Å². The van der Waals surface area contributed by atoms with Crippen molar-refractivity contribution >= 4 is 17.6 Å². The van der Waals surface area contributed by atoms with Gasteiger partial charge in [-0.1, -0.05) is 78.0 Å². The van der Waals surface area contributed by atoms with Crippen LogP contribution in [0.25, 0.3) is 0 Å². The Bertz CT molecular complexity index is 1200. The summed E-state index contributed by atoms with van der Waals surface area (Å²) >= 11 is 0. The summed E-state index contributed by atoms with van der Waals surface area (Å²) in [5.41, 5.74) is 3.85. The highest BCUT2D eigenvalue weighted by molar-refractivity contribution is 5.98. The molecule has 0 saturated carbocycles. The fourth-order valence-electron chi connectivity index (χ4n) is 4.73. The van der Waals surface area contributed by atoms with Crippen LogP contribution in [0.15, 0.2) is 90.1 Å². The predicted octanol–water partition coefficient (Wildman–Crippen LogP) is 4.60. The molecular weight excluding hydrogens is 494 g/mol. The van der Waals surface area contributed by atoms with Gasteiger partial charge in [0.2, 0.25) is 12.5 Å². The number of oxime groups is 1. The van der Waals surface area contributed by atoms with Crippen LogP contribution in [-0.2, 0) is 14.4 Å². The Balaban J connectivity index is 1.24. The van der Waals surface area contributed by atoms with Gasteiger partial charge in [0.1, 0.15) is 5.75 Å². The molecule has 1 aliphatic heterocycles. The molecule has 0 aliphatic carbocycles. The number of hydrogen-bond acceptors (Lipinski definition) is 6. The van der Waals surface area contributed by atoms with Crippen LogP contribution in [0.4, 0.5) is 0 Å². The van der Waals surface area contributed by atoms with Gasteiger partial charge in [-0.05, 0) is 36.6 Å². The summed E-state index contributed by atoms with van der Waals surface area (Å²) in [6, 6.07) is 28.6. The van der Waals surface area contributed by atoms with E-state index in [0.717, 1.165) is 18.7 Å². The molecule has 0 radical (unpaired) electrons. The quantitative estimate of drug-likeness (QED) is 0.209. The van der Waals surface area contributed by atoms with E-state index in [0.29, 0.717) is 44.0 Å². The topological polar surface area (TPSA) is 91.7 Å². The van der Waals surface area contributed by atoms with Crippen molar-refractivity contribution in [3.63, 3.8) is 0 Å². The highest BCUT2D eigenvalue weighted by atomic mass is 16.6. The smallest absolute Gasteiger partial charge is 0.344 e. The summed E-state index contributed by atoms with van der Waals surface area (Å²) in [4.78, 5) is 32.7. The number of carboxylic acid groups (broad SMARTS) is 1. The van der Waals surface area contributed by atoms with Crippen molar-refractivity contribution in [2.75, 3.05) is 39.4 Å². The number of benzene rings is 3. The van der Waals surface area contributed by atoms with Crippen LogP contribution in [0.3, 0.4) is 0 Å². The van der Waals surface area contributed by atoms with Gasteiger partial charge in [0.25, 0.3) is 0 Å². The molecule has 0 atom stereocenters. The van der Waals surface area contributed by atoms with Gasteiger partial charge in [0.05, 0.1) is 18.4 Å². The molecule has 1 saturated heterocycles. The number of ether oxygens (including phenoxy) is 1. The Kier molecular flexibility index (Phi) is 10.1. The van der Waals surface area contributed by atoms with Gasteiger partial charge < -0.3 is 19.6 Å². The molecule has 0 spiro atoms. The minimum Gasteiger partial charge on any atom is -0.494 e. The molecule has 3 aromatic carbocycles. The lowest BCUT2D eigenvalue weighted by Gasteiger charge is -2.40. The number of hydrogen-bond donors (Lipinski definition) is 1. The lowest BCUT2D eigenvalue weighted by molar-refractivity contribution is -0.142. The number of nitrogens with zero attached hydrogens (tertiary/aromatic N) is 3. The molecule has 1 N–H and O–H groups in total. The van der Waals surface area contributed by atoms with Crippen LogP contribution < -0.4 is 4.74 Å². The lowest BCUT2D eigenvalue weighted by Crippen LogP contribution is -2.49. The fraction of sp³-hybridized carbons (Fsp3) is 0.323. The highest BCUT2D eigenvalue weighted by Gasteiger charge is 2.27. The number of carbonyl (C=O) groups is 2. The summed E-state index contributed by atoms with van der Waals surface area (Å²) in [5, 5.41) is 12.5. The average molecular weight is 530 g/mol. The summed E-state index contributed by atoms with van der Waals surface area (Å²) < 4.78 is 5.85. The third kappa shape index (κ3) is 8.15. The molecule has 8 heteroatoms. The van der Waals surface area contributed by atoms with Crippen molar-refractivity contribution in [2.45, 2.75) is 25.8 Å². The molecule has 0 unspecified atom stereocenters.